The molecule has 0 amide bonds. The quantitative estimate of drug-likeness (QED) is 0.578. The van der Waals surface area contributed by atoms with Gasteiger partial charge in [-0.1, -0.05) is 49.7 Å². The first-order valence-electron chi connectivity index (χ1n) is 7.42. The molecule has 0 aliphatic rings. The maximum Gasteiger partial charge on any atom is 0.187 e. The highest BCUT2D eigenvalue weighted by Crippen LogP contribution is 2.27. The Balaban J connectivity index is 1.99. The van der Waals surface area contributed by atoms with Crippen molar-refractivity contribution >= 4 is 23.1 Å². The summed E-state index contributed by atoms with van der Waals surface area (Å²) < 4.78 is 5.09. The minimum atomic E-state index is -0.0487. The largest absolute Gasteiger partial charge is 0.495 e. The summed E-state index contributed by atoms with van der Waals surface area (Å²) in [5.74, 6) is 1.02. The van der Waals surface area contributed by atoms with Crippen LogP contribution in [0.1, 0.15) is 35.7 Å². The Labute approximate surface area is 141 Å². The zero-order valence-corrected chi connectivity index (χ0v) is 14.2. The third kappa shape index (κ3) is 4.60. The second-order valence-electron chi connectivity index (χ2n) is 5.47. The van der Waals surface area contributed by atoms with Gasteiger partial charge in [-0.2, -0.15) is 0 Å². The molecule has 0 radical (unpaired) electrons. The molecule has 0 aliphatic heterocycles. The molecule has 2 aromatic carbocycles. The van der Waals surface area contributed by atoms with Gasteiger partial charge in [-0.15, -0.1) is 0 Å². The molecule has 120 valence electrons. The number of nitrogens with one attached hydrogen (secondary N) is 1. The fourth-order valence-electron chi connectivity index (χ4n) is 2.10. The molecule has 0 aliphatic carbocycles. The summed E-state index contributed by atoms with van der Waals surface area (Å²) >= 11 is 6.05. The fraction of sp³-hybridized carbons (Fsp3) is 0.211. The number of methoxy groups -OCH3 is 1. The molecule has 0 fully saturated rings. The van der Waals surface area contributed by atoms with Crippen LogP contribution < -0.4 is 10.1 Å². The van der Waals surface area contributed by atoms with Crippen molar-refractivity contribution in [3.05, 3.63) is 70.9 Å². The summed E-state index contributed by atoms with van der Waals surface area (Å²) in [5, 5.41) is 3.54. The van der Waals surface area contributed by atoms with E-state index in [0.717, 1.165) is 5.69 Å². The van der Waals surface area contributed by atoms with Gasteiger partial charge in [-0.3, -0.25) is 4.79 Å². The lowest BCUT2D eigenvalue weighted by Crippen LogP contribution is -1.97. The van der Waals surface area contributed by atoms with E-state index < -0.39 is 0 Å². The third-order valence-corrected chi connectivity index (χ3v) is 3.79. The van der Waals surface area contributed by atoms with E-state index >= 15 is 0 Å². The first-order valence-corrected chi connectivity index (χ1v) is 7.80. The predicted molar refractivity (Wildman–Crippen MR) is 95.6 cm³/mol. The number of benzene rings is 2. The predicted octanol–water partition coefficient (Wildman–Crippen LogP) is 5.28. The minimum Gasteiger partial charge on any atom is -0.495 e. The molecule has 0 saturated heterocycles. The van der Waals surface area contributed by atoms with Crippen molar-refractivity contribution in [1.82, 2.24) is 0 Å². The van der Waals surface area contributed by atoms with Gasteiger partial charge in [0, 0.05) is 23.5 Å². The molecule has 2 rings (SSSR count). The lowest BCUT2D eigenvalue weighted by Gasteiger charge is -2.06. The first-order chi connectivity index (χ1) is 11.0. The average molecular weight is 330 g/mol. The second-order valence-corrected chi connectivity index (χ2v) is 5.88. The van der Waals surface area contributed by atoms with Gasteiger partial charge >= 0.3 is 0 Å². The Morgan fingerprint density at radius 2 is 1.87 bits per heavy atom. The standard InChI is InChI=1S/C19H20ClNO2/c1-13(2)14-4-6-15(7-5-14)18(22)10-11-21-16-8-9-19(23-3)17(20)12-16/h4-13,21H,1-3H3. The van der Waals surface area contributed by atoms with Crippen molar-refractivity contribution in [2.75, 3.05) is 12.4 Å². The Morgan fingerprint density at radius 3 is 2.43 bits per heavy atom. The molecule has 0 bridgehead atoms. The van der Waals surface area contributed by atoms with Crippen LogP contribution in [0.2, 0.25) is 5.02 Å². The Hall–Kier alpha value is -2.26. The zero-order valence-electron chi connectivity index (χ0n) is 13.5. The average Bonchev–Trinajstić information content (AvgIpc) is 2.55. The van der Waals surface area contributed by atoms with Gasteiger partial charge < -0.3 is 10.1 Å². The number of ether oxygens (including phenoxy) is 1. The lowest BCUT2D eigenvalue weighted by molar-refractivity contribution is 0.104. The molecule has 2 aromatic rings. The van der Waals surface area contributed by atoms with E-state index in [2.05, 4.69) is 19.2 Å². The molecule has 0 heterocycles. The Kier molecular flexibility index (Phi) is 5.83. The number of hydrogen-bond acceptors (Lipinski definition) is 3. The van der Waals surface area contributed by atoms with E-state index in [-0.39, 0.29) is 5.78 Å². The molecule has 1 N–H and O–H groups in total. The van der Waals surface area contributed by atoms with Crippen molar-refractivity contribution < 1.29 is 9.53 Å². The van der Waals surface area contributed by atoms with Gasteiger partial charge in [0.1, 0.15) is 5.75 Å². The molecule has 0 atom stereocenters. The van der Waals surface area contributed by atoms with Gasteiger partial charge in [-0.25, -0.2) is 0 Å². The first kappa shape index (κ1) is 17.1. The molecular weight excluding hydrogens is 310 g/mol. The van der Waals surface area contributed by atoms with Crippen LogP contribution in [0.25, 0.3) is 0 Å². The van der Waals surface area contributed by atoms with Crippen molar-refractivity contribution in [2.45, 2.75) is 19.8 Å². The third-order valence-electron chi connectivity index (χ3n) is 3.50. The van der Waals surface area contributed by atoms with Crippen LogP contribution in [-0.2, 0) is 0 Å². The summed E-state index contributed by atoms with van der Waals surface area (Å²) in [6, 6.07) is 13.0. The van der Waals surface area contributed by atoms with Crippen LogP contribution in [0.15, 0.2) is 54.7 Å². The molecule has 0 aromatic heterocycles. The van der Waals surface area contributed by atoms with Crippen LogP contribution in [-0.4, -0.2) is 12.9 Å². The van der Waals surface area contributed by atoms with Crippen LogP contribution >= 0.6 is 11.6 Å². The van der Waals surface area contributed by atoms with Crippen LogP contribution in [0.3, 0.4) is 0 Å². The molecule has 0 spiro atoms. The van der Waals surface area contributed by atoms with Gasteiger partial charge in [0.2, 0.25) is 0 Å². The Bertz CT molecular complexity index is 706. The van der Waals surface area contributed by atoms with E-state index in [9.17, 15) is 4.79 Å². The number of ketones is 1. The topological polar surface area (TPSA) is 38.3 Å². The van der Waals surface area contributed by atoms with Crippen LogP contribution in [0, 0.1) is 0 Å². The number of carbonyl (C=O) groups excluding carboxylic acids is 1. The van der Waals surface area contributed by atoms with E-state index in [1.54, 1.807) is 25.4 Å². The van der Waals surface area contributed by atoms with Crippen LogP contribution in [0.5, 0.6) is 5.75 Å². The molecular formula is C19H20ClNO2. The number of allylic oxidation sites excluding steroid dienone is 1. The molecule has 4 heteroatoms. The molecule has 0 unspecified atom stereocenters. The number of carbonyl (C=O) groups is 1. The van der Waals surface area contributed by atoms with E-state index in [1.165, 1.54) is 11.6 Å². The normalized spacial score (nSPS) is 11.0. The molecule has 0 saturated carbocycles. The molecule has 23 heavy (non-hydrogen) atoms. The van der Waals surface area contributed by atoms with Crippen LogP contribution in [0.4, 0.5) is 5.69 Å². The van der Waals surface area contributed by atoms with Crippen molar-refractivity contribution in [2.24, 2.45) is 0 Å². The molecule has 3 nitrogen and oxygen atoms in total. The number of anilines is 1. The van der Waals surface area contributed by atoms with Gasteiger partial charge in [-0.05, 0) is 29.7 Å². The van der Waals surface area contributed by atoms with Crippen molar-refractivity contribution in [3.63, 3.8) is 0 Å². The highest BCUT2D eigenvalue weighted by molar-refractivity contribution is 6.32. The number of hydrogen-bond donors (Lipinski definition) is 1. The minimum absolute atomic E-state index is 0.0487. The Morgan fingerprint density at radius 1 is 1.17 bits per heavy atom. The maximum atomic E-state index is 12.1. The monoisotopic (exact) mass is 329 g/mol. The van der Waals surface area contributed by atoms with E-state index in [0.29, 0.717) is 22.3 Å². The highest BCUT2D eigenvalue weighted by Gasteiger charge is 2.04. The van der Waals surface area contributed by atoms with Gasteiger partial charge in [0.15, 0.2) is 5.78 Å². The smallest absolute Gasteiger partial charge is 0.187 e. The number of rotatable bonds is 6. The van der Waals surface area contributed by atoms with Crippen molar-refractivity contribution in [1.29, 1.82) is 0 Å². The van der Waals surface area contributed by atoms with Gasteiger partial charge in [0.05, 0.1) is 12.1 Å². The lowest BCUT2D eigenvalue weighted by atomic mass is 10.0. The fourth-order valence-corrected chi connectivity index (χ4v) is 2.36. The summed E-state index contributed by atoms with van der Waals surface area (Å²) in [6.07, 6.45) is 3.11. The summed E-state index contributed by atoms with van der Waals surface area (Å²) in [4.78, 5) is 12.1. The van der Waals surface area contributed by atoms with Crippen molar-refractivity contribution in [3.8, 4) is 5.75 Å². The van der Waals surface area contributed by atoms with Gasteiger partial charge in [0.25, 0.3) is 0 Å². The zero-order chi connectivity index (χ0) is 16.8. The summed E-state index contributed by atoms with van der Waals surface area (Å²) in [6.45, 7) is 4.25. The summed E-state index contributed by atoms with van der Waals surface area (Å²) in [5.41, 5.74) is 2.67. The SMILES string of the molecule is COc1ccc(NC=CC(=O)c2ccc(C(C)C)cc2)cc1Cl. The summed E-state index contributed by atoms with van der Waals surface area (Å²) in [7, 11) is 1.57. The second kappa shape index (κ2) is 7.84. The maximum absolute atomic E-state index is 12.1. The highest BCUT2D eigenvalue weighted by atomic mass is 35.5. The number of halogens is 1. The van der Waals surface area contributed by atoms with E-state index in [4.69, 9.17) is 16.3 Å². The van der Waals surface area contributed by atoms with E-state index in [1.807, 2.05) is 30.3 Å².